The van der Waals surface area contributed by atoms with Crippen LogP contribution in [0.15, 0.2) is 6.20 Å². The Morgan fingerprint density at radius 2 is 2.43 bits per heavy atom. The summed E-state index contributed by atoms with van der Waals surface area (Å²) in [6.45, 7) is 4.35. The van der Waals surface area contributed by atoms with Crippen molar-refractivity contribution in [3.63, 3.8) is 0 Å². The molecule has 0 fully saturated rings. The number of hydrogen-bond acceptors (Lipinski definition) is 4. The van der Waals surface area contributed by atoms with Gasteiger partial charge in [-0.1, -0.05) is 5.21 Å². The number of carbonyl (C=O) groups is 1. The molecule has 6 heteroatoms. The van der Waals surface area contributed by atoms with E-state index in [1.165, 1.54) is 0 Å². The molecule has 0 aliphatic heterocycles. The minimum atomic E-state index is 0.00840. The van der Waals surface area contributed by atoms with E-state index in [4.69, 9.17) is 5.73 Å². The zero-order valence-electron chi connectivity index (χ0n) is 8.40. The Labute approximate surface area is 82.5 Å². The first-order chi connectivity index (χ1) is 6.58. The summed E-state index contributed by atoms with van der Waals surface area (Å²) in [6, 6.07) is 0.170. The summed E-state index contributed by atoms with van der Waals surface area (Å²) in [7, 11) is 0. The van der Waals surface area contributed by atoms with Gasteiger partial charge in [0.2, 0.25) is 5.91 Å². The molecule has 1 aromatic rings. The van der Waals surface area contributed by atoms with Crippen LogP contribution in [0.2, 0.25) is 0 Å². The number of aryl methyl sites for hydroxylation is 1. The zero-order valence-corrected chi connectivity index (χ0v) is 8.40. The zero-order chi connectivity index (χ0) is 10.6. The Kier molecular flexibility index (Phi) is 3.44. The molecule has 0 aromatic carbocycles. The lowest BCUT2D eigenvalue weighted by atomic mass is 10.3. The first-order valence-electron chi connectivity index (χ1n) is 4.53. The maximum absolute atomic E-state index is 11.2. The van der Waals surface area contributed by atoms with Gasteiger partial charge < -0.3 is 11.1 Å². The van der Waals surface area contributed by atoms with Gasteiger partial charge in [0.1, 0.15) is 0 Å². The van der Waals surface area contributed by atoms with Gasteiger partial charge in [0.25, 0.3) is 0 Å². The Morgan fingerprint density at radius 3 is 2.93 bits per heavy atom. The minimum absolute atomic E-state index is 0.00840. The molecule has 0 radical (unpaired) electrons. The fourth-order valence-electron chi connectivity index (χ4n) is 1.03. The highest BCUT2D eigenvalue weighted by molar-refractivity contribution is 5.76. The molecule has 14 heavy (non-hydrogen) atoms. The summed E-state index contributed by atoms with van der Waals surface area (Å²) in [5.41, 5.74) is 5.37. The monoisotopic (exact) mass is 197 g/mol. The Hall–Kier alpha value is -1.59. The van der Waals surface area contributed by atoms with Crippen LogP contribution in [0.4, 0.5) is 5.82 Å². The molecule has 0 saturated heterocycles. The first kappa shape index (κ1) is 10.5. The number of rotatable bonds is 4. The van der Waals surface area contributed by atoms with Crippen molar-refractivity contribution in [3.05, 3.63) is 6.20 Å². The molecule has 0 atom stereocenters. The van der Waals surface area contributed by atoms with Crippen molar-refractivity contribution in [3.8, 4) is 0 Å². The number of amides is 1. The van der Waals surface area contributed by atoms with E-state index >= 15 is 0 Å². The minimum Gasteiger partial charge on any atom is -0.381 e. The molecule has 1 amide bonds. The molecule has 3 N–H and O–H groups in total. The lowest BCUT2D eigenvalue weighted by molar-refractivity contribution is -0.121. The van der Waals surface area contributed by atoms with Gasteiger partial charge in [-0.2, -0.15) is 0 Å². The van der Waals surface area contributed by atoms with Crippen LogP contribution >= 0.6 is 0 Å². The third kappa shape index (κ3) is 3.42. The molecular formula is C8H15N5O. The maximum Gasteiger partial charge on any atom is 0.222 e. The normalized spacial score (nSPS) is 10.5. The van der Waals surface area contributed by atoms with Crippen molar-refractivity contribution < 1.29 is 4.79 Å². The molecule has 6 nitrogen and oxygen atoms in total. The molecule has 0 bridgehead atoms. The lowest BCUT2D eigenvalue weighted by Crippen LogP contribution is -2.30. The molecule has 1 aromatic heterocycles. The highest BCUT2D eigenvalue weighted by Gasteiger charge is 2.04. The van der Waals surface area contributed by atoms with Crippen LogP contribution in [0.25, 0.3) is 0 Å². The van der Waals surface area contributed by atoms with Crippen molar-refractivity contribution in [2.45, 2.75) is 32.9 Å². The lowest BCUT2D eigenvalue weighted by Gasteiger charge is -2.07. The average molecular weight is 197 g/mol. The highest BCUT2D eigenvalue weighted by Crippen LogP contribution is 1.94. The van der Waals surface area contributed by atoms with Gasteiger partial charge in [-0.05, 0) is 13.8 Å². The second-order valence-corrected chi connectivity index (χ2v) is 3.38. The largest absolute Gasteiger partial charge is 0.381 e. The predicted molar refractivity (Wildman–Crippen MR) is 52.3 cm³/mol. The standard InChI is InChI=1S/C8H15N5O/c1-6(2)10-8(14)3-4-13-5-7(9)11-12-13/h5-6H,3-4,9H2,1-2H3,(H,10,14). The van der Waals surface area contributed by atoms with Crippen LogP contribution in [-0.2, 0) is 11.3 Å². The third-order valence-corrected chi connectivity index (χ3v) is 1.57. The number of nitrogens with two attached hydrogens (primary N) is 1. The van der Waals surface area contributed by atoms with Crippen molar-refractivity contribution in [1.29, 1.82) is 0 Å². The van der Waals surface area contributed by atoms with Gasteiger partial charge in [-0.3, -0.25) is 4.79 Å². The Morgan fingerprint density at radius 1 is 1.71 bits per heavy atom. The van der Waals surface area contributed by atoms with E-state index in [2.05, 4.69) is 15.6 Å². The van der Waals surface area contributed by atoms with Gasteiger partial charge >= 0.3 is 0 Å². The SMILES string of the molecule is CC(C)NC(=O)CCn1cc(N)nn1. The van der Waals surface area contributed by atoms with Gasteiger partial charge in [0.15, 0.2) is 5.82 Å². The number of nitrogens with zero attached hydrogens (tertiary/aromatic N) is 3. The molecule has 0 aliphatic rings. The molecule has 0 unspecified atom stereocenters. The van der Waals surface area contributed by atoms with Crippen molar-refractivity contribution in [1.82, 2.24) is 20.3 Å². The van der Waals surface area contributed by atoms with E-state index in [0.717, 1.165) is 0 Å². The fourth-order valence-corrected chi connectivity index (χ4v) is 1.03. The molecule has 1 rings (SSSR count). The number of aromatic nitrogens is 3. The molecule has 0 aliphatic carbocycles. The van der Waals surface area contributed by atoms with Crippen LogP contribution in [0.1, 0.15) is 20.3 Å². The molecule has 0 saturated carbocycles. The van der Waals surface area contributed by atoms with E-state index in [-0.39, 0.29) is 11.9 Å². The van der Waals surface area contributed by atoms with Gasteiger partial charge in [-0.15, -0.1) is 5.10 Å². The van der Waals surface area contributed by atoms with Crippen molar-refractivity contribution in [2.75, 3.05) is 5.73 Å². The van der Waals surface area contributed by atoms with E-state index in [1.54, 1.807) is 10.9 Å². The second kappa shape index (κ2) is 4.59. The summed E-state index contributed by atoms with van der Waals surface area (Å²) >= 11 is 0. The number of hydrogen-bond donors (Lipinski definition) is 2. The number of nitrogen functional groups attached to an aromatic ring is 1. The van der Waals surface area contributed by atoms with Crippen LogP contribution in [0, 0.1) is 0 Å². The van der Waals surface area contributed by atoms with Crippen LogP contribution < -0.4 is 11.1 Å². The summed E-state index contributed by atoms with van der Waals surface area (Å²) in [5.74, 6) is 0.378. The Balaban J connectivity index is 2.30. The number of nitrogens with one attached hydrogen (secondary N) is 1. The predicted octanol–water partition coefficient (Wildman–Crippen LogP) is -0.225. The quantitative estimate of drug-likeness (QED) is 0.698. The van der Waals surface area contributed by atoms with Crippen LogP contribution in [0.5, 0.6) is 0 Å². The van der Waals surface area contributed by atoms with Gasteiger partial charge in [0, 0.05) is 12.5 Å². The number of carbonyl (C=O) groups excluding carboxylic acids is 1. The summed E-state index contributed by atoms with van der Waals surface area (Å²) in [6.07, 6.45) is 1.99. The smallest absolute Gasteiger partial charge is 0.222 e. The average Bonchev–Trinajstić information content (AvgIpc) is 2.47. The third-order valence-electron chi connectivity index (χ3n) is 1.57. The molecular weight excluding hydrogens is 182 g/mol. The maximum atomic E-state index is 11.2. The van der Waals surface area contributed by atoms with E-state index < -0.39 is 0 Å². The van der Waals surface area contributed by atoms with Crippen molar-refractivity contribution in [2.24, 2.45) is 0 Å². The van der Waals surface area contributed by atoms with Crippen LogP contribution in [-0.4, -0.2) is 26.9 Å². The topological polar surface area (TPSA) is 85.8 Å². The summed E-state index contributed by atoms with van der Waals surface area (Å²) in [4.78, 5) is 11.2. The van der Waals surface area contributed by atoms with Crippen molar-refractivity contribution >= 4 is 11.7 Å². The van der Waals surface area contributed by atoms with Crippen LogP contribution in [0.3, 0.4) is 0 Å². The van der Waals surface area contributed by atoms with Gasteiger partial charge in [-0.25, -0.2) is 4.68 Å². The second-order valence-electron chi connectivity index (χ2n) is 3.38. The molecule has 78 valence electrons. The Bertz CT molecular complexity index is 306. The van der Waals surface area contributed by atoms with E-state index in [0.29, 0.717) is 18.8 Å². The first-order valence-corrected chi connectivity index (χ1v) is 4.53. The summed E-state index contributed by atoms with van der Waals surface area (Å²) in [5, 5.41) is 10.1. The van der Waals surface area contributed by atoms with E-state index in [9.17, 15) is 4.79 Å². The van der Waals surface area contributed by atoms with E-state index in [1.807, 2.05) is 13.8 Å². The molecule has 1 heterocycles. The summed E-state index contributed by atoms with van der Waals surface area (Å²) < 4.78 is 1.55. The highest BCUT2D eigenvalue weighted by atomic mass is 16.1. The van der Waals surface area contributed by atoms with Gasteiger partial charge in [0.05, 0.1) is 12.7 Å². The molecule has 0 spiro atoms. The number of anilines is 1. The fraction of sp³-hybridized carbons (Fsp3) is 0.625.